The summed E-state index contributed by atoms with van der Waals surface area (Å²) in [7, 11) is 0. The smallest absolute Gasteiger partial charge is 0.288 e. The maximum Gasteiger partial charge on any atom is 0.288 e. The molecule has 12 heteroatoms. The van der Waals surface area contributed by atoms with Crippen LogP contribution in [0.2, 0.25) is 0 Å². The summed E-state index contributed by atoms with van der Waals surface area (Å²) >= 11 is -1.79. The molecular weight excluding hydrogens is 388 g/mol. The van der Waals surface area contributed by atoms with Crippen LogP contribution in [0.25, 0.3) is 11.2 Å². The number of hydrogen-bond acceptors (Lipinski definition) is 8. The first kappa shape index (κ1) is 18.4. The molecule has 1 fully saturated rings. The summed E-state index contributed by atoms with van der Waals surface area (Å²) in [6, 6.07) is 5.37. The average molecular weight is 404 g/mol. The van der Waals surface area contributed by atoms with Gasteiger partial charge in [0, 0.05) is 18.7 Å². The van der Waals surface area contributed by atoms with Crippen molar-refractivity contribution in [2.24, 2.45) is 0 Å². The van der Waals surface area contributed by atoms with Crippen LogP contribution in [0.4, 0.5) is 5.69 Å². The second-order valence-corrected chi connectivity index (χ2v) is 7.02. The van der Waals surface area contributed by atoms with E-state index >= 15 is 0 Å². The largest absolute Gasteiger partial charge is 0.389 e. The summed E-state index contributed by atoms with van der Waals surface area (Å²) in [4.78, 5) is 22.6. The van der Waals surface area contributed by atoms with Crippen molar-refractivity contribution in [3.8, 4) is 5.75 Å². The van der Waals surface area contributed by atoms with Crippen LogP contribution in [0.5, 0.6) is 5.75 Å². The fraction of sp³-hybridized carbons (Fsp3) is 0.312. The van der Waals surface area contributed by atoms with Gasteiger partial charge in [0.15, 0.2) is 5.65 Å². The van der Waals surface area contributed by atoms with E-state index in [0.29, 0.717) is 17.7 Å². The fourth-order valence-electron chi connectivity index (χ4n) is 2.94. The van der Waals surface area contributed by atoms with Crippen LogP contribution in [0.15, 0.2) is 43.1 Å². The van der Waals surface area contributed by atoms with Crippen LogP contribution in [0.3, 0.4) is 0 Å². The van der Waals surface area contributed by atoms with E-state index in [0.717, 1.165) is 12.8 Å². The van der Waals surface area contributed by atoms with Gasteiger partial charge in [-0.3, -0.25) is 14.7 Å². The van der Waals surface area contributed by atoms with Gasteiger partial charge in [-0.1, -0.05) is 0 Å². The minimum absolute atomic E-state index is 0.0613. The lowest BCUT2D eigenvalue weighted by Gasteiger charge is -2.15. The van der Waals surface area contributed by atoms with Crippen LogP contribution in [0.1, 0.15) is 19.1 Å². The quantitative estimate of drug-likeness (QED) is 0.464. The summed E-state index contributed by atoms with van der Waals surface area (Å²) in [6.07, 6.45) is 5.99. The number of non-ortho nitro benzene ring substituents is 1. The molecule has 0 saturated carbocycles. The van der Waals surface area contributed by atoms with Gasteiger partial charge < -0.3 is 8.92 Å². The lowest BCUT2D eigenvalue weighted by Crippen LogP contribution is -2.30. The first-order valence-electron chi connectivity index (χ1n) is 8.46. The highest BCUT2D eigenvalue weighted by Gasteiger charge is 2.28. The fourth-order valence-corrected chi connectivity index (χ4v) is 3.61. The number of rotatable bonds is 7. The van der Waals surface area contributed by atoms with Crippen LogP contribution < -0.4 is 8.91 Å². The van der Waals surface area contributed by atoms with Gasteiger partial charge >= 0.3 is 0 Å². The number of aromatic nitrogens is 4. The van der Waals surface area contributed by atoms with Crippen molar-refractivity contribution in [3.63, 3.8) is 0 Å². The molecule has 4 rings (SSSR count). The Balaban J connectivity index is 1.28. The number of benzene rings is 1. The van der Waals surface area contributed by atoms with E-state index in [4.69, 9.17) is 8.92 Å². The number of nitro groups is 1. The van der Waals surface area contributed by atoms with Gasteiger partial charge in [-0.15, -0.1) is 0 Å². The Kier molecular flexibility index (Phi) is 5.23. The van der Waals surface area contributed by atoms with Crippen LogP contribution >= 0.6 is 0 Å². The molecule has 1 aliphatic rings. The third-order valence-corrected chi connectivity index (χ3v) is 5.03. The van der Waals surface area contributed by atoms with Gasteiger partial charge in [-0.05, 0) is 25.0 Å². The molecule has 1 aliphatic heterocycles. The number of fused-ring (bicyclic) bond motifs is 1. The molecule has 1 saturated heterocycles. The Morgan fingerprint density at radius 3 is 2.93 bits per heavy atom. The van der Waals surface area contributed by atoms with Crippen LogP contribution in [-0.2, 0) is 16.0 Å². The monoisotopic (exact) mass is 404 g/mol. The molecule has 0 aliphatic carbocycles. The molecule has 3 heterocycles. The van der Waals surface area contributed by atoms with Gasteiger partial charge in [0.25, 0.3) is 17.0 Å². The number of imidazole rings is 1. The second kappa shape index (κ2) is 7.96. The van der Waals surface area contributed by atoms with E-state index in [9.17, 15) is 14.3 Å². The standard InChI is InChI=1S/C16H16N6O5S/c23-22(24)11-1-3-12(4-2-11)27-28(25)20-7-13-5-6-15(26-13)21-10-19-14-8-17-9-18-16(14)21/h1-4,8-10,13,15,20H,5-7H2. The maximum absolute atomic E-state index is 12.0. The predicted molar refractivity (Wildman–Crippen MR) is 98.3 cm³/mol. The average Bonchev–Trinajstić information content (AvgIpc) is 3.33. The zero-order valence-corrected chi connectivity index (χ0v) is 15.3. The summed E-state index contributed by atoms with van der Waals surface area (Å²) in [5.41, 5.74) is 1.35. The summed E-state index contributed by atoms with van der Waals surface area (Å²) in [5.74, 6) is 0.270. The molecule has 3 aromatic rings. The molecule has 3 unspecified atom stereocenters. The first-order valence-corrected chi connectivity index (χ1v) is 9.54. The number of nitrogens with zero attached hydrogens (tertiary/aromatic N) is 5. The Labute approximate surface area is 161 Å². The number of nitrogens with one attached hydrogen (secondary N) is 1. The molecular formula is C16H16N6O5S. The second-order valence-electron chi connectivity index (χ2n) is 6.09. The van der Waals surface area contributed by atoms with Crippen LogP contribution in [-0.4, -0.2) is 41.3 Å². The SMILES string of the molecule is O=[N+]([O-])c1ccc(OS(=O)NCC2CCC(n3cnc4cncnc43)O2)cc1. The highest BCUT2D eigenvalue weighted by atomic mass is 32.2. The van der Waals surface area contributed by atoms with E-state index in [-0.39, 0.29) is 23.8 Å². The third-order valence-electron chi connectivity index (χ3n) is 4.28. The van der Waals surface area contributed by atoms with Crippen molar-refractivity contribution in [2.75, 3.05) is 6.54 Å². The van der Waals surface area contributed by atoms with E-state index in [1.807, 2.05) is 4.57 Å². The minimum atomic E-state index is -1.79. The predicted octanol–water partition coefficient (Wildman–Crippen LogP) is 1.66. The molecule has 0 bridgehead atoms. The topological polar surface area (TPSA) is 134 Å². The molecule has 0 radical (unpaired) electrons. The highest BCUT2D eigenvalue weighted by Crippen LogP contribution is 2.30. The summed E-state index contributed by atoms with van der Waals surface area (Å²) in [5, 5.41) is 10.6. The number of nitro benzene ring substituents is 1. The van der Waals surface area contributed by atoms with Crippen molar-refractivity contribution in [1.29, 1.82) is 0 Å². The van der Waals surface area contributed by atoms with Crippen molar-refractivity contribution in [2.45, 2.75) is 25.2 Å². The Hall–Kier alpha value is -2.96. The molecule has 0 amide bonds. The van der Waals surface area contributed by atoms with Gasteiger partial charge in [-0.25, -0.2) is 19.7 Å². The highest BCUT2D eigenvalue weighted by molar-refractivity contribution is 7.78. The van der Waals surface area contributed by atoms with Gasteiger partial charge in [0.1, 0.15) is 23.8 Å². The lowest BCUT2D eigenvalue weighted by atomic mass is 10.2. The molecule has 146 valence electrons. The Morgan fingerprint density at radius 1 is 1.32 bits per heavy atom. The summed E-state index contributed by atoms with van der Waals surface area (Å²) < 4.78 is 27.9. The van der Waals surface area contributed by atoms with Crippen molar-refractivity contribution in [3.05, 3.63) is 53.2 Å². The molecule has 11 nitrogen and oxygen atoms in total. The molecule has 0 spiro atoms. The van der Waals surface area contributed by atoms with E-state index < -0.39 is 16.2 Å². The van der Waals surface area contributed by atoms with E-state index in [1.54, 1.807) is 12.5 Å². The van der Waals surface area contributed by atoms with Gasteiger partial charge in [-0.2, -0.15) is 4.21 Å². The van der Waals surface area contributed by atoms with Crippen molar-refractivity contribution in [1.82, 2.24) is 24.2 Å². The zero-order chi connectivity index (χ0) is 19.5. The summed E-state index contributed by atoms with van der Waals surface area (Å²) in [6.45, 7) is 0.331. The number of hydrogen-bond donors (Lipinski definition) is 1. The molecule has 28 heavy (non-hydrogen) atoms. The van der Waals surface area contributed by atoms with E-state index in [2.05, 4.69) is 19.7 Å². The molecule has 2 aromatic heterocycles. The Bertz CT molecular complexity index is 1010. The minimum Gasteiger partial charge on any atom is -0.389 e. The van der Waals surface area contributed by atoms with Crippen molar-refractivity contribution >= 4 is 28.1 Å². The Morgan fingerprint density at radius 2 is 2.14 bits per heavy atom. The maximum atomic E-state index is 12.0. The van der Waals surface area contributed by atoms with Gasteiger partial charge in [0.05, 0.1) is 23.6 Å². The zero-order valence-electron chi connectivity index (χ0n) is 14.5. The third kappa shape index (κ3) is 3.98. The number of ether oxygens (including phenoxy) is 1. The normalized spacial score (nSPS) is 20.3. The molecule has 1 N–H and O–H groups in total. The van der Waals surface area contributed by atoms with E-state index in [1.165, 1.54) is 30.6 Å². The lowest BCUT2D eigenvalue weighted by molar-refractivity contribution is -0.384. The molecule has 1 aromatic carbocycles. The van der Waals surface area contributed by atoms with Crippen molar-refractivity contribution < 1.29 is 18.1 Å². The van der Waals surface area contributed by atoms with Gasteiger partial charge in [0.2, 0.25) is 0 Å². The molecule has 3 atom stereocenters. The van der Waals surface area contributed by atoms with Crippen LogP contribution in [0, 0.1) is 10.1 Å². The first-order chi connectivity index (χ1) is 13.6.